The molecular weight excluding hydrogens is 419 g/mol. The molecule has 0 saturated carbocycles. The molecule has 5 rings (SSSR count). The van der Waals surface area contributed by atoms with Gasteiger partial charge in [0, 0.05) is 49.1 Å². The second kappa shape index (κ2) is 9.12. The van der Waals surface area contributed by atoms with Gasteiger partial charge in [-0.1, -0.05) is 38.1 Å². The molecule has 1 atom stereocenters. The number of aromatic nitrogens is 2. The Morgan fingerprint density at radius 3 is 2.88 bits per heavy atom. The average Bonchev–Trinajstić information content (AvgIpc) is 3.16. The molecule has 1 aliphatic carbocycles. The lowest BCUT2D eigenvalue weighted by atomic mass is 10.0. The van der Waals surface area contributed by atoms with E-state index in [4.69, 9.17) is 9.97 Å². The van der Waals surface area contributed by atoms with Crippen LogP contribution < -0.4 is 15.9 Å². The first-order valence-corrected chi connectivity index (χ1v) is 12.3. The number of hydrogen-bond acceptors (Lipinski definition) is 5. The molecule has 1 fully saturated rings. The normalized spacial score (nSPS) is 18.2. The lowest BCUT2D eigenvalue weighted by Gasteiger charge is -2.36. The summed E-state index contributed by atoms with van der Waals surface area (Å²) in [6, 6.07) is 11.4. The maximum absolute atomic E-state index is 13.2. The van der Waals surface area contributed by atoms with Crippen LogP contribution in [0.5, 0.6) is 0 Å². The fraction of sp³-hybridized carbons (Fsp3) is 0.385. The Morgan fingerprint density at radius 2 is 2.06 bits per heavy atom. The van der Waals surface area contributed by atoms with Crippen molar-refractivity contribution in [3.63, 3.8) is 0 Å². The average molecular weight is 449 g/mol. The van der Waals surface area contributed by atoms with E-state index in [2.05, 4.69) is 36.2 Å². The monoisotopic (exact) mass is 448 g/mol. The van der Waals surface area contributed by atoms with Crippen LogP contribution in [-0.4, -0.2) is 40.5 Å². The van der Waals surface area contributed by atoms with Crippen LogP contribution in [0.3, 0.4) is 0 Å². The predicted molar refractivity (Wildman–Crippen MR) is 128 cm³/mol. The number of pyridine rings is 1. The smallest absolute Gasteiger partial charge is 0.123 e. The van der Waals surface area contributed by atoms with Crippen molar-refractivity contribution in [3.05, 3.63) is 80.1 Å². The third-order valence-corrected chi connectivity index (χ3v) is 7.65. The molecule has 2 aliphatic rings. The standard InChI is InChI=1S/C26H29FN4S/c1-17(2)26-30-24-22(32-26)12-8-19-4-3-13-29-23(19)25(24)31-15-14-28-21(16-31)11-7-18-5-9-20(27)10-6-18/h3-6,8-10,13,17,21,28H,7,11-12,14-16H2,1-2H3. The van der Waals surface area contributed by atoms with Gasteiger partial charge in [0.05, 0.1) is 16.1 Å². The number of benzene rings is 1. The molecule has 4 nitrogen and oxygen atoms in total. The van der Waals surface area contributed by atoms with Gasteiger partial charge in [0.15, 0.2) is 0 Å². The number of thiazole rings is 1. The molecule has 1 aliphatic heterocycles. The van der Waals surface area contributed by atoms with Gasteiger partial charge in [0.1, 0.15) is 11.5 Å². The van der Waals surface area contributed by atoms with Crippen LogP contribution in [0.4, 0.5) is 4.39 Å². The van der Waals surface area contributed by atoms with Gasteiger partial charge >= 0.3 is 0 Å². The zero-order valence-electron chi connectivity index (χ0n) is 18.6. The molecular formula is C26H29FN4S. The number of halogens is 1. The molecule has 0 amide bonds. The largest absolute Gasteiger partial charge is 0.365 e. The molecule has 0 spiro atoms. The fourth-order valence-corrected chi connectivity index (χ4v) is 5.58. The van der Waals surface area contributed by atoms with Gasteiger partial charge in [0.25, 0.3) is 0 Å². The van der Waals surface area contributed by atoms with Crippen LogP contribution in [0.25, 0.3) is 11.8 Å². The summed E-state index contributed by atoms with van der Waals surface area (Å²) >= 11 is 1.84. The number of piperazine rings is 1. The highest BCUT2D eigenvalue weighted by atomic mass is 32.1. The lowest BCUT2D eigenvalue weighted by molar-refractivity contribution is 0.267. The van der Waals surface area contributed by atoms with E-state index in [1.54, 1.807) is 12.1 Å². The van der Waals surface area contributed by atoms with E-state index in [0.29, 0.717) is 12.0 Å². The van der Waals surface area contributed by atoms with Crippen molar-refractivity contribution < 1.29 is 4.39 Å². The van der Waals surface area contributed by atoms with E-state index >= 15 is 0 Å². The van der Waals surface area contributed by atoms with Gasteiger partial charge in [-0.15, -0.1) is 11.3 Å². The van der Waals surface area contributed by atoms with Crippen LogP contribution >= 0.6 is 11.3 Å². The number of nitrogens with one attached hydrogen (secondary N) is 1. The molecule has 1 saturated heterocycles. The summed E-state index contributed by atoms with van der Waals surface area (Å²) in [6.45, 7) is 7.21. The Labute approximate surface area is 192 Å². The van der Waals surface area contributed by atoms with Crippen molar-refractivity contribution in [1.82, 2.24) is 20.2 Å². The number of nitrogens with zero attached hydrogens (tertiary/aromatic N) is 3. The van der Waals surface area contributed by atoms with Gasteiger partial charge in [0.2, 0.25) is 0 Å². The molecule has 32 heavy (non-hydrogen) atoms. The molecule has 0 bridgehead atoms. The Hall–Kier alpha value is -2.57. The van der Waals surface area contributed by atoms with Gasteiger partial charge in [-0.2, -0.15) is 0 Å². The quantitative estimate of drug-likeness (QED) is 0.651. The van der Waals surface area contributed by atoms with E-state index in [1.165, 1.54) is 26.4 Å². The second-order valence-corrected chi connectivity index (χ2v) is 10.1. The van der Waals surface area contributed by atoms with Gasteiger partial charge in [-0.25, -0.2) is 9.37 Å². The first-order chi connectivity index (χ1) is 15.6. The van der Waals surface area contributed by atoms with Crippen LogP contribution in [0.1, 0.15) is 47.3 Å². The summed E-state index contributed by atoms with van der Waals surface area (Å²) in [4.78, 5) is 13.8. The minimum absolute atomic E-state index is 0.178. The van der Waals surface area contributed by atoms with Crippen LogP contribution in [0.2, 0.25) is 0 Å². The molecule has 3 heterocycles. The van der Waals surface area contributed by atoms with Gasteiger partial charge in [-0.05, 0) is 41.8 Å². The Bertz CT molecular complexity index is 1220. The second-order valence-electron chi connectivity index (χ2n) is 8.94. The molecule has 2 aromatic heterocycles. The van der Waals surface area contributed by atoms with Crippen molar-refractivity contribution >= 4 is 23.1 Å². The van der Waals surface area contributed by atoms with E-state index in [0.717, 1.165) is 49.9 Å². The van der Waals surface area contributed by atoms with E-state index < -0.39 is 0 Å². The molecule has 166 valence electrons. The summed E-state index contributed by atoms with van der Waals surface area (Å²) < 4.78 is 13.2. The minimum Gasteiger partial charge on any atom is -0.365 e. The summed E-state index contributed by atoms with van der Waals surface area (Å²) in [5, 5.41) is 7.12. The summed E-state index contributed by atoms with van der Waals surface area (Å²) in [6.07, 6.45) is 7.04. The van der Waals surface area contributed by atoms with Crippen LogP contribution in [-0.2, 0) is 12.8 Å². The molecule has 3 aromatic rings. The van der Waals surface area contributed by atoms with E-state index in [9.17, 15) is 4.39 Å². The number of aryl methyl sites for hydroxylation is 1. The predicted octanol–water partition coefficient (Wildman–Crippen LogP) is 3.20. The fourth-order valence-electron chi connectivity index (χ4n) is 4.55. The summed E-state index contributed by atoms with van der Waals surface area (Å²) in [7, 11) is 0. The lowest BCUT2D eigenvalue weighted by Crippen LogP contribution is -2.52. The van der Waals surface area contributed by atoms with Crippen molar-refractivity contribution in [3.8, 4) is 0 Å². The molecule has 6 heteroatoms. The molecule has 0 radical (unpaired) electrons. The number of fused-ring (bicyclic) bond motifs is 2. The summed E-state index contributed by atoms with van der Waals surface area (Å²) in [5.74, 6) is 0.242. The van der Waals surface area contributed by atoms with Crippen molar-refractivity contribution in [2.75, 3.05) is 19.6 Å². The first kappa shape index (κ1) is 21.3. The zero-order chi connectivity index (χ0) is 22.1. The summed E-state index contributed by atoms with van der Waals surface area (Å²) in [5.41, 5.74) is 3.48. The SMILES string of the molecule is CC(C)c1nc2c(s1)CC=c1cccnc1=C2N1CCNC(CCc2ccc(F)cc2)C1. The third kappa shape index (κ3) is 4.34. The van der Waals surface area contributed by atoms with Crippen molar-refractivity contribution in [2.45, 2.75) is 45.1 Å². The highest BCUT2D eigenvalue weighted by Gasteiger charge is 2.27. The maximum Gasteiger partial charge on any atom is 0.123 e. The topological polar surface area (TPSA) is 41.1 Å². The molecule has 1 N–H and O–H groups in total. The van der Waals surface area contributed by atoms with Crippen molar-refractivity contribution in [2.24, 2.45) is 0 Å². The Morgan fingerprint density at radius 1 is 1.22 bits per heavy atom. The number of rotatable bonds is 5. The maximum atomic E-state index is 13.2. The Kier molecular flexibility index (Phi) is 6.07. The van der Waals surface area contributed by atoms with Crippen LogP contribution in [0, 0.1) is 5.82 Å². The number of hydrogen-bond donors (Lipinski definition) is 1. The molecule has 1 aromatic carbocycles. The van der Waals surface area contributed by atoms with Crippen LogP contribution in [0.15, 0.2) is 42.6 Å². The van der Waals surface area contributed by atoms with E-state index in [-0.39, 0.29) is 5.82 Å². The first-order valence-electron chi connectivity index (χ1n) is 11.5. The highest BCUT2D eigenvalue weighted by Crippen LogP contribution is 2.31. The minimum atomic E-state index is -0.178. The highest BCUT2D eigenvalue weighted by molar-refractivity contribution is 7.12. The third-order valence-electron chi connectivity index (χ3n) is 6.27. The Balaban J connectivity index is 1.46. The van der Waals surface area contributed by atoms with Gasteiger partial charge < -0.3 is 10.2 Å². The van der Waals surface area contributed by atoms with Gasteiger partial charge in [-0.3, -0.25) is 4.98 Å². The zero-order valence-corrected chi connectivity index (χ0v) is 19.5. The van der Waals surface area contributed by atoms with Crippen molar-refractivity contribution in [1.29, 1.82) is 0 Å². The van der Waals surface area contributed by atoms with E-state index in [1.807, 2.05) is 35.7 Å². The molecule has 1 unspecified atom stereocenters.